The molecule has 0 spiro atoms. The van der Waals surface area contributed by atoms with E-state index in [1.807, 2.05) is 22.7 Å². The largest absolute Gasteiger partial charge is 0.302 e. The average molecular weight is 263 g/mol. The molecule has 1 N–H and O–H groups in total. The Hall–Kier alpha value is -0.640. The Morgan fingerprint density at radius 1 is 1.12 bits per heavy atom. The summed E-state index contributed by atoms with van der Waals surface area (Å²) in [6.45, 7) is 2.27. The van der Waals surface area contributed by atoms with Crippen LogP contribution in [0.1, 0.15) is 41.6 Å². The molecule has 0 amide bonds. The maximum Gasteiger partial charge on any atom is 0.0448 e. The highest BCUT2D eigenvalue weighted by atomic mass is 32.1. The molecule has 1 unspecified atom stereocenters. The molecule has 0 bridgehead atoms. The van der Waals surface area contributed by atoms with E-state index in [0.717, 1.165) is 5.92 Å². The van der Waals surface area contributed by atoms with E-state index in [9.17, 15) is 0 Å². The molecule has 3 heteroatoms. The first kappa shape index (κ1) is 11.5. The topological polar surface area (TPSA) is 12.0 Å². The Morgan fingerprint density at radius 2 is 1.76 bits per heavy atom. The third-order valence-corrected chi connectivity index (χ3v) is 5.35. The second-order valence-corrected chi connectivity index (χ2v) is 6.69. The van der Waals surface area contributed by atoms with Gasteiger partial charge in [-0.25, -0.2) is 0 Å². The zero-order chi connectivity index (χ0) is 11.7. The van der Waals surface area contributed by atoms with Crippen LogP contribution in [-0.2, 0) is 0 Å². The Morgan fingerprint density at radius 3 is 2.29 bits per heavy atom. The zero-order valence-electron chi connectivity index (χ0n) is 9.93. The summed E-state index contributed by atoms with van der Waals surface area (Å²) in [6, 6.07) is 9.81. The summed E-state index contributed by atoms with van der Waals surface area (Å²) in [7, 11) is 0. The minimum Gasteiger partial charge on any atom is -0.302 e. The van der Waals surface area contributed by atoms with Crippen molar-refractivity contribution in [3.8, 4) is 0 Å². The molecule has 2 aromatic heterocycles. The average Bonchev–Trinajstić information content (AvgIpc) is 2.87. The molecule has 17 heavy (non-hydrogen) atoms. The van der Waals surface area contributed by atoms with E-state index in [4.69, 9.17) is 0 Å². The molecule has 2 heterocycles. The van der Waals surface area contributed by atoms with Crippen LogP contribution in [0.4, 0.5) is 0 Å². The Balaban J connectivity index is 1.73. The van der Waals surface area contributed by atoms with Crippen molar-refractivity contribution in [1.82, 2.24) is 5.32 Å². The van der Waals surface area contributed by atoms with Crippen LogP contribution < -0.4 is 5.32 Å². The van der Waals surface area contributed by atoms with E-state index in [0.29, 0.717) is 12.1 Å². The lowest BCUT2D eigenvalue weighted by molar-refractivity contribution is 0.436. The highest BCUT2D eigenvalue weighted by Gasteiger charge is 2.33. The van der Waals surface area contributed by atoms with Crippen molar-refractivity contribution in [2.24, 2.45) is 5.92 Å². The molecule has 1 nitrogen and oxygen atoms in total. The van der Waals surface area contributed by atoms with Gasteiger partial charge in [-0.3, -0.25) is 0 Å². The van der Waals surface area contributed by atoms with Gasteiger partial charge in [0.1, 0.15) is 0 Å². The number of thiophene rings is 2. The maximum atomic E-state index is 3.80. The van der Waals surface area contributed by atoms with Gasteiger partial charge in [-0.1, -0.05) is 12.1 Å². The minimum atomic E-state index is 0.461. The molecule has 2 atom stereocenters. The third-order valence-electron chi connectivity index (χ3n) is 3.34. The van der Waals surface area contributed by atoms with E-state index in [2.05, 4.69) is 47.3 Å². The van der Waals surface area contributed by atoms with Crippen molar-refractivity contribution < 1.29 is 0 Å². The third kappa shape index (κ3) is 2.62. The maximum absolute atomic E-state index is 3.80. The SMILES string of the molecule is C[C@H](NC(c1cccs1)C1CC1)c1cccs1. The summed E-state index contributed by atoms with van der Waals surface area (Å²) in [5.74, 6) is 0.857. The van der Waals surface area contributed by atoms with Crippen LogP contribution in [0.3, 0.4) is 0 Å². The molecule has 1 aliphatic rings. The molecule has 1 aliphatic carbocycles. The van der Waals surface area contributed by atoms with Crippen molar-refractivity contribution in [1.29, 1.82) is 0 Å². The van der Waals surface area contributed by atoms with E-state index in [1.54, 1.807) is 0 Å². The van der Waals surface area contributed by atoms with Gasteiger partial charge in [0.15, 0.2) is 0 Å². The minimum absolute atomic E-state index is 0.461. The van der Waals surface area contributed by atoms with Crippen LogP contribution in [0, 0.1) is 5.92 Å². The number of rotatable bonds is 5. The molecule has 3 rings (SSSR count). The molecule has 1 saturated carbocycles. The molecule has 1 fully saturated rings. The second-order valence-electron chi connectivity index (χ2n) is 4.73. The van der Waals surface area contributed by atoms with Gasteiger partial charge in [0.25, 0.3) is 0 Å². The first-order valence-electron chi connectivity index (χ1n) is 6.17. The molecule has 2 aromatic rings. The fraction of sp³-hybridized carbons (Fsp3) is 0.429. The summed E-state index contributed by atoms with van der Waals surface area (Å²) < 4.78 is 0. The van der Waals surface area contributed by atoms with Gasteiger partial charge in [0.2, 0.25) is 0 Å². The molecule has 0 saturated heterocycles. The number of hydrogen-bond donors (Lipinski definition) is 1. The van der Waals surface area contributed by atoms with Gasteiger partial charge in [0.05, 0.1) is 0 Å². The molecule has 0 aromatic carbocycles. The van der Waals surface area contributed by atoms with Gasteiger partial charge >= 0.3 is 0 Å². The fourth-order valence-corrected chi connectivity index (χ4v) is 3.86. The van der Waals surface area contributed by atoms with Gasteiger partial charge in [-0.15, -0.1) is 22.7 Å². The van der Waals surface area contributed by atoms with Crippen LogP contribution in [0.25, 0.3) is 0 Å². The summed E-state index contributed by atoms with van der Waals surface area (Å²) >= 11 is 3.72. The predicted molar refractivity (Wildman–Crippen MR) is 75.7 cm³/mol. The predicted octanol–water partition coefficient (Wildman–Crippen LogP) is 4.61. The van der Waals surface area contributed by atoms with Crippen molar-refractivity contribution in [2.75, 3.05) is 0 Å². The lowest BCUT2D eigenvalue weighted by Gasteiger charge is -2.21. The van der Waals surface area contributed by atoms with Crippen LogP contribution in [-0.4, -0.2) is 0 Å². The van der Waals surface area contributed by atoms with Gasteiger partial charge in [-0.2, -0.15) is 0 Å². The van der Waals surface area contributed by atoms with Gasteiger partial charge in [0, 0.05) is 21.8 Å². The van der Waals surface area contributed by atoms with E-state index in [1.165, 1.54) is 22.6 Å². The monoisotopic (exact) mass is 263 g/mol. The first-order valence-corrected chi connectivity index (χ1v) is 7.93. The quantitative estimate of drug-likeness (QED) is 0.830. The normalized spacial score (nSPS) is 19.1. The van der Waals surface area contributed by atoms with Gasteiger partial charge < -0.3 is 5.32 Å². The van der Waals surface area contributed by atoms with Crippen molar-refractivity contribution in [3.05, 3.63) is 44.8 Å². The molecule has 90 valence electrons. The molecular formula is C14H17NS2. The fourth-order valence-electron chi connectivity index (χ4n) is 2.24. The summed E-state index contributed by atoms with van der Waals surface area (Å²) in [5.41, 5.74) is 0. The summed E-state index contributed by atoms with van der Waals surface area (Å²) in [5, 5.41) is 8.14. The van der Waals surface area contributed by atoms with E-state index < -0.39 is 0 Å². The smallest absolute Gasteiger partial charge is 0.0448 e. The van der Waals surface area contributed by atoms with Crippen molar-refractivity contribution in [2.45, 2.75) is 31.8 Å². The van der Waals surface area contributed by atoms with Crippen LogP contribution >= 0.6 is 22.7 Å². The molecular weight excluding hydrogens is 246 g/mol. The summed E-state index contributed by atoms with van der Waals surface area (Å²) in [4.78, 5) is 2.93. The number of hydrogen-bond acceptors (Lipinski definition) is 3. The highest BCUT2D eigenvalue weighted by molar-refractivity contribution is 7.10. The highest BCUT2D eigenvalue weighted by Crippen LogP contribution is 2.43. The number of nitrogens with one attached hydrogen (secondary N) is 1. The van der Waals surface area contributed by atoms with Crippen LogP contribution in [0.15, 0.2) is 35.0 Å². The molecule has 0 radical (unpaired) electrons. The van der Waals surface area contributed by atoms with Crippen molar-refractivity contribution in [3.63, 3.8) is 0 Å². The van der Waals surface area contributed by atoms with Crippen molar-refractivity contribution >= 4 is 22.7 Å². The van der Waals surface area contributed by atoms with Gasteiger partial charge in [-0.05, 0) is 48.6 Å². The second kappa shape index (κ2) is 4.92. The van der Waals surface area contributed by atoms with E-state index >= 15 is 0 Å². The summed E-state index contributed by atoms with van der Waals surface area (Å²) in [6.07, 6.45) is 2.76. The first-order chi connectivity index (χ1) is 8.34. The Kier molecular flexibility index (Phi) is 3.32. The Bertz CT molecular complexity index is 443. The lowest BCUT2D eigenvalue weighted by Crippen LogP contribution is -2.25. The standard InChI is InChI=1S/C14H17NS2/c1-10(12-4-2-8-16-12)15-14(11-6-7-11)13-5-3-9-17-13/h2-5,8-11,14-15H,6-7H2,1H3/t10-,14?/m0/s1. The Labute approximate surface area is 111 Å². The zero-order valence-corrected chi connectivity index (χ0v) is 11.6. The van der Waals surface area contributed by atoms with Crippen LogP contribution in [0.2, 0.25) is 0 Å². The molecule has 0 aliphatic heterocycles. The lowest BCUT2D eigenvalue weighted by atomic mass is 10.1. The van der Waals surface area contributed by atoms with Crippen LogP contribution in [0.5, 0.6) is 0 Å². The van der Waals surface area contributed by atoms with E-state index in [-0.39, 0.29) is 0 Å².